The van der Waals surface area contributed by atoms with Crippen molar-refractivity contribution in [2.24, 2.45) is 5.73 Å². The Hall–Kier alpha value is -1.55. The van der Waals surface area contributed by atoms with Crippen molar-refractivity contribution >= 4 is 5.97 Å². The molecule has 0 aromatic heterocycles. The first-order valence-corrected chi connectivity index (χ1v) is 4.78. The number of benzene rings is 1. The zero-order valence-electron chi connectivity index (χ0n) is 8.60. The number of nitrogens with two attached hydrogens (primary N) is 1. The molecule has 0 saturated heterocycles. The zero-order valence-corrected chi connectivity index (χ0v) is 8.60. The third-order valence-corrected chi connectivity index (χ3v) is 2.42. The number of carboxylic acids is 1. The quantitative estimate of drug-likeness (QED) is 0.702. The van der Waals surface area contributed by atoms with Crippen LogP contribution in [0.5, 0.6) is 5.75 Å². The molecule has 0 amide bonds. The SMILES string of the molecule is Cc1c(O)cccc1C(N)CCC(=O)O. The van der Waals surface area contributed by atoms with Gasteiger partial charge in [-0.25, -0.2) is 0 Å². The lowest BCUT2D eigenvalue weighted by Gasteiger charge is -2.14. The summed E-state index contributed by atoms with van der Waals surface area (Å²) in [5.41, 5.74) is 7.36. The van der Waals surface area contributed by atoms with Crippen LogP contribution in [-0.4, -0.2) is 16.2 Å². The highest BCUT2D eigenvalue weighted by Gasteiger charge is 2.12. The van der Waals surface area contributed by atoms with E-state index in [9.17, 15) is 9.90 Å². The predicted octanol–water partition coefficient (Wildman–Crippen LogP) is 1.57. The van der Waals surface area contributed by atoms with E-state index in [1.165, 1.54) is 0 Å². The third kappa shape index (κ3) is 2.95. The first-order valence-electron chi connectivity index (χ1n) is 4.78. The van der Waals surface area contributed by atoms with Gasteiger partial charge in [0.15, 0.2) is 0 Å². The van der Waals surface area contributed by atoms with E-state index in [0.29, 0.717) is 6.42 Å². The van der Waals surface area contributed by atoms with Gasteiger partial charge in [0.05, 0.1) is 0 Å². The Balaban J connectivity index is 2.77. The molecule has 4 nitrogen and oxygen atoms in total. The Morgan fingerprint density at radius 2 is 2.20 bits per heavy atom. The van der Waals surface area contributed by atoms with Gasteiger partial charge in [-0.15, -0.1) is 0 Å². The first-order chi connectivity index (χ1) is 7.02. The topological polar surface area (TPSA) is 83.5 Å². The molecule has 0 fully saturated rings. The molecule has 0 aliphatic heterocycles. The van der Waals surface area contributed by atoms with Gasteiger partial charge in [-0.1, -0.05) is 12.1 Å². The number of hydrogen-bond acceptors (Lipinski definition) is 3. The molecule has 0 radical (unpaired) electrons. The van der Waals surface area contributed by atoms with Crippen molar-refractivity contribution in [1.82, 2.24) is 0 Å². The number of carboxylic acid groups (broad SMARTS) is 1. The van der Waals surface area contributed by atoms with E-state index in [1.807, 2.05) is 6.07 Å². The zero-order chi connectivity index (χ0) is 11.4. The van der Waals surface area contributed by atoms with E-state index in [-0.39, 0.29) is 18.2 Å². The van der Waals surface area contributed by atoms with Gasteiger partial charge in [0.25, 0.3) is 0 Å². The van der Waals surface area contributed by atoms with Crippen LogP contribution < -0.4 is 5.73 Å². The Morgan fingerprint density at radius 1 is 1.53 bits per heavy atom. The molecule has 1 rings (SSSR count). The van der Waals surface area contributed by atoms with E-state index in [1.54, 1.807) is 19.1 Å². The van der Waals surface area contributed by atoms with Crippen molar-refractivity contribution in [3.05, 3.63) is 29.3 Å². The first kappa shape index (κ1) is 11.5. The molecule has 1 aromatic rings. The lowest BCUT2D eigenvalue weighted by atomic mass is 9.98. The second-order valence-electron chi connectivity index (χ2n) is 3.53. The lowest BCUT2D eigenvalue weighted by Crippen LogP contribution is -2.13. The highest BCUT2D eigenvalue weighted by molar-refractivity contribution is 5.66. The van der Waals surface area contributed by atoms with Crippen molar-refractivity contribution < 1.29 is 15.0 Å². The van der Waals surface area contributed by atoms with Crippen LogP contribution in [0.4, 0.5) is 0 Å². The minimum Gasteiger partial charge on any atom is -0.508 e. The summed E-state index contributed by atoms with van der Waals surface area (Å²) in [6.45, 7) is 1.77. The summed E-state index contributed by atoms with van der Waals surface area (Å²) in [6.07, 6.45) is 0.413. The second kappa shape index (κ2) is 4.79. The van der Waals surface area contributed by atoms with Gasteiger partial charge in [0.1, 0.15) is 5.75 Å². The third-order valence-electron chi connectivity index (χ3n) is 2.42. The monoisotopic (exact) mass is 209 g/mol. The van der Waals surface area contributed by atoms with E-state index in [4.69, 9.17) is 10.8 Å². The molecular weight excluding hydrogens is 194 g/mol. The van der Waals surface area contributed by atoms with E-state index in [0.717, 1.165) is 11.1 Å². The van der Waals surface area contributed by atoms with Crippen LogP contribution in [0.25, 0.3) is 0 Å². The van der Waals surface area contributed by atoms with Crippen molar-refractivity contribution in [2.45, 2.75) is 25.8 Å². The summed E-state index contributed by atoms with van der Waals surface area (Å²) < 4.78 is 0. The maximum absolute atomic E-state index is 10.4. The summed E-state index contributed by atoms with van der Waals surface area (Å²) in [5.74, 6) is -0.665. The number of carbonyl (C=O) groups is 1. The minimum atomic E-state index is -0.858. The van der Waals surface area contributed by atoms with Crippen LogP contribution in [0.1, 0.15) is 30.0 Å². The molecule has 0 aliphatic rings. The van der Waals surface area contributed by atoms with Crippen LogP contribution in [-0.2, 0) is 4.79 Å². The average molecular weight is 209 g/mol. The number of aliphatic carboxylic acids is 1. The average Bonchev–Trinajstić information content (AvgIpc) is 2.18. The standard InChI is InChI=1S/C11H15NO3/c1-7-8(3-2-4-10(7)13)9(12)5-6-11(14)15/h2-4,9,13H,5-6,12H2,1H3,(H,14,15). The van der Waals surface area contributed by atoms with Crippen LogP contribution in [0, 0.1) is 6.92 Å². The maximum atomic E-state index is 10.4. The summed E-state index contributed by atoms with van der Waals surface area (Å²) in [6, 6.07) is 4.76. The smallest absolute Gasteiger partial charge is 0.303 e. The fourth-order valence-electron chi connectivity index (χ4n) is 1.48. The molecule has 1 unspecified atom stereocenters. The molecule has 4 heteroatoms. The van der Waals surface area contributed by atoms with Crippen LogP contribution in [0.2, 0.25) is 0 Å². The molecule has 0 bridgehead atoms. The molecule has 1 atom stereocenters. The van der Waals surface area contributed by atoms with Crippen molar-refractivity contribution in [1.29, 1.82) is 0 Å². The number of hydrogen-bond donors (Lipinski definition) is 3. The minimum absolute atomic E-state index is 0.0380. The van der Waals surface area contributed by atoms with Gasteiger partial charge in [0.2, 0.25) is 0 Å². The lowest BCUT2D eigenvalue weighted by molar-refractivity contribution is -0.137. The molecular formula is C11H15NO3. The molecule has 0 saturated carbocycles. The molecule has 0 aliphatic carbocycles. The molecule has 1 aromatic carbocycles. The molecule has 0 heterocycles. The summed E-state index contributed by atoms with van der Waals surface area (Å²) >= 11 is 0. The highest BCUT2D eigenvalue weighted by Crippen LogP contribution is 2.25. The number of phenolic OH excluding ortho intramolecular Hbond substituents is 1. The van der Waals surface area contributed by atoms with Gasteiger partial charge in [0, 0.05) is 12.5 Å². The van der Waals surface area contributed by atoms with Gasteiger partial charge in [-0.2, -0.15) is 0 Å². The Labute approximate surface area is 88.3 Å². The predicted molar refractivity (Wildman–Crippen MR) is 56.6 cm³/mol. The van der Waals surface area contributed by atoms with Gasteiger partial charge in [-0.05, 0) is 30.5 Å². The fourth-order valence-corrected chi connectivity index (χ4v) is 1.48. The van der Waals surface area contributed by atoms with Crippen molar-refractivity contribution in [2.75, 3.05) is 0 Å². The van der Waals surface area contributed by atoms with Crippen molar-refractivity contribution in [3.63, 3.8) is 0 Å². The molecule has 4 N–H and O–H groups in total. The highest BCUT2D eigenvalue weighted by atomic mass is 16.4. The van der Waals surface area contributed by atoms with Gasteiger partial charge < -0.3 is 15.9 Å². The number of rotatable bonds is 4. The number of phenols is 1. The largest absolute Gasteiger partial charge is 0.508 e. The van der Waals surface area contributed by atoms with E-state index >= 15 is 0 Å². The van der Waals surface area contributed by atoms with Gasteiger partial charge >= 0.3 is 5.97 Å². The van der Waals surface area contributed by atoms with Crippen LogP contribution in [0.3, 0.4) is 0 Å². The summed E-state index contributed by atoms with van der Waals surface area (Å²) in [5, 5.41) is 18.0. The van der Waals surface area contributed by atoms with Crippen LogP contribution >= 0.6 is 0 Å². The summed E-state index contributed by atoms with van der Waals surface area (Å²) in [7, 11) is 0. The Morgan fingerprint density at radius 3 is 2.80 bits per heavy atom. The molecule has 15 heavy (non-hydrogen) atoms. The Kier molecular flexibility index (Phi) is 3.68. The normalized spacial score (nSPS) is 12.4. The molecule has 82 valence electrons. The van der Waals surface area contributed by atoms with E-state index in [2.05, 4.69) is 0 Å². The van der Waals surface area contributed by atoms with Gasteiger partial charge in [-0.3, -0.25) is 4.79 Å². The Bertz CT molecular complexity index is 363. The second-order valence-corrected chi connectivity index (χ2v) is 3.53. The van der Waals surface area contributed by atoms with E-state index < -0.39 is 5.97 Å². The van der Waals surface area contributed by atoms with Crippen molar-refractivity contribution in [3.8, 4) is 5.75 Å². The maximum Gasteiger partial charge on any atom is 0.303 e. The fraction of sp³-hybridized carbons (Fsp3) is 0.364. The number of aromatic hydroxyl groups is 1. The van der Waals surface area contributed by atoms with Crippen LogP contribution in [0.15, 0.2) is 18.2 Å². The summed E-state index contributed by atoms with van der Waals surface area (Å²) in [4.78, 5) is 10.4. The molecule has 0 spiro atoms.